The van der Waals surface area contributed by atoms with Crippen LogP contribution >= 0.6 is 0 Å². The van der Waals surface area contributed by atoms with Gasteiger partial charge in [-0.3, -0.25) is 9.59 Å². The van der Waals surface area contributed by atoms with Crippen molar-refractivity contribution < 1.29 is 19.4 Å². The SMILES string of the molecule is Cc1ccccc1[C@@H]1CCN(C(=O)c2ccc(OC3CCCCC3)cc2)C1.O=CO. The first-order valence-electron chi connectivity index (χ1n) is 10.8. The highest BCUT2D eigenvalue weighted by Gasteiger charge is 2.28. The largest absolute Gasteiger partial charge is 0.490 e. The van der Waals surface area contributed by atoms with Gasteiger partial charge in [0.15, 0.2) is 0 Å². The number of rotatable bonds is 4. The summed E-state index contributed by atoms with van der Waals surface area (Å²) < 4.78 is 6.08. The van der Waals surface area contributed by atoms with E-state index in [1.165, 1.54) is 30.4 Å². The highest BCUT2D eigenvalue weighted by atomic mass is 16.5. The number of aryl methyl sites for hydroxylation is 1. The number of benzene rings is 2. The third kappa shape index (κ3) is 5.62. The Labute approximate surface area is 178 Å². The summed E-state index contributed by atoms with van der Waals surface area (Å²) in [6, 6.07) is 16.3. The van der Waals surface area contributed by atoms with Gasteiger partial charge in [-0.2, -0.15) is 0 Å². The summed E-state index contributed by atoms with van der Waals surface area (Å²) in [6.45, 7) is 3.55. The third-order valence-electron chi connectivity index (χ3n) is 6.06. The number of hydrogen-bond donors (Lipinski definition) is 1. The molecule has 1 aliphatic heterocycles. The summed E-state index contributed by atoms with van der Waals surface area (Å²) in [5, 5.41) is 6.89. The smallest absolute Gasteiger partial charge is 0.290 e. The van der Waals surface area contributed by atoms with Crippen LogP contribution in [0.25, 0.3) is 0 Å². The minimum Gasteiger partial charge on any atom is -0.490 e. The molecule has 4 rings (SSSR count). The van der Waals surface area contributed by atoms with E-state index in [0.717, 1.165) is 43.7 Å². The number of amides is 1. The number of carbonyl (C=O) groups is 2. The molecule has 0 radical (unpaired) electrons. The monoisotopic (exact) mass is 409 g/mol. The number of carboxylic acid groups (broad SMARTS) is 1. The van der Waals surface area contributed by atoms with E-state index in [1.807, 2.05) is 29.2 Å². The van der Waals surface area contributed by atoms with Gasteiger partial charge in [-0.15, -0.1) is 0 Å². The summed E-state index contributed by atoms with van der Waals surface area (Å²) in [5.41, 5.74) is 3.46. The molecule has 1 aliphatic carbocycles. The molecule has 1 N–H and O–H groups in total. The van der Waals surface area contributed by atoms with E-state index < -0.39 is 0 Å². The molecule has 1 amide bonds. The zero-order valence-electron chi connectivity index (χ0n) is 17.6. The van der Waals surface area contributed by atoms with Crippen molar-refractivity contribution in [2.45, 2.75) is 57.5 Å². The normalized spacial score (nSPS) is 19.0. The van der Waals surface area contributed by atoms with Crippen LogP contribution in [0, 0.1) is 6.92 Å². The van der Waals surface area contributed by atoms with Gasteiger partial charge in [0.1, 0.15) is 5.75 Å². The molecule has 5 heteroatoms. The summed E-state index contributed by atoms with van der Waals surface area (Å²) in [6.07, 6.45) is 7.53. The van der Waals surface area contributed by atoms with E-state index >= 15 is 0 Å². The Morgan fingerprint density at radius 1 is 1.03 bits per heavy atom. The van der Waals surface area contributed by atoms with Crippen LogP contribution in [0.3, 0.4) is 0 Å². The van der Waals surface area contributed by atoms with Gasteiger partial charge in [0.2, 0.25) is 0 Å². The van der Waals surface area contributed by atoms with Crippen molar-refractivity contribution in [1.82, 2.24) is 4.90 Å². The average Bonchev–Trinajstić information content (AvgIpc) is 3.25. The van der Waals surface area contributed by atoms with Gasteiger partial charge in [-0.25, -0.2) is 0 Å². The van der Waals surface area contributed by atoms with Crippen LogP contribution in [0.15, 0.2) is 48.5 Å². The second-order valence-corrected chi connectivity index (χ2v) is 8.10. The number of likely N-dealkylation sites (tertiary alicyclic amines) is 1. The molecule has 0 spiro atoms. The quantitative estimate of drug-likeness (QED) is 0.719. The van der Waals surface area contributed by atoms with Gasteiger partial charge >= 0.3 is 0 Å². The van der Waals surface area contributed by atoms with Crippen LogP contribution in [0.1, 0.15) is 65.9 Å². The Morgan fingerprint density at radius 2 is 1.70 bits per heavy atom. The topological polar surface area (TPSA) is 66.8 Å². The van der Waals surface area contributed by atoms with E-state index in [0.29, 0.717) is 12.0 Å². The van der Waals surface area contributed by atoms with Gasteiger partial charge in [0.05, 0.1) is 6.10 Å². The fourth-order valence-electron chi connectivity index (χ4n) is 4.48. The predicted octanol–water partition coefficient (Wildman–Crippen LogP) is 5.04. The zero-order valence-corrected chi connectivity index (χ0v) is 17.6. The zero-order chi connectivity index (χ0) is 21.3. The van der Waals surface area contributed by atoms with E-state index in [-0.39, 0.29) is 12.4 Å². The molecular formula is C25H31NO4. The van der Waals surface area contributed by atoms with Crippen LogP contribution < -0.4 is 4.74 Å². The van der Waals surface area contributed by atoms with Crippen molar-refractivity contribution in [3.05, 3.63) is 65.2 Å². The Morgan fingerprint density at radius 3 is 2.37 bits per heavy atom. The van der Waals surface area contributed by atoms with Crippen LogP contribution in [-0.4, -0.2) is 41.6 Å². The van der Waals surface area contributed by atoms with Gasteiger partial charge in [0, 0.05) is 24.6 Å². The minimum absolute atomic E-state index is 0.135. The van der Waals surface area contributed by atoms with Crippen LogP contribution in [0.5, 0.6) is 5.75 Å². The number of nitrogens with zero attached hydrogens (tertiary/aromatic N) is 1. The molecule has 160 valence electrons. The molecule has 1 heterocycles. The van der Waals surface area contributed by atoms with E-state index in [4.69, 9.17) is 14.6 Å². The molecule has 1 saturated heterocycles. The van der Waals surface area contributed by atoms with Crippen molar-refractivity contribution in [2.24, 2.45) is 0 Å². The standard InChI is InChI=1S/C24H29NO2.CH2O2/c1-18-7-5-6-10-23(18)20-15-16-25(17-20)24(26)19-11-13-22(14-12-19)27-21-8-3-2-4-9-21;2-1-3/h5-7,10-14,20-21H,2-4,8-9,15-17H2,1H3;1H,(H,2,3)/t20-;/m1./s1. The summed E-state index contributed by atoms with van der Waals surface area (Å²) in [7, 11) is 0. The van der Waals surface area contributed by atoms with Gasteiger partial charge in [-0.05, 0) is 74.4 Å². The fourth-order valence-corrected chi connectivity index (χ4v) is 4.48. The highest BCUT2D eigenvalue weighted by molar-refractivity contribution is 5.94. The molecular weight excluding hydrogens is 378 g/mol. The molecule has 5 nitrogen and oxygen atoms in total. The first kappa shape index (κ1) is 21.9. The number of ether oxygens (including phenoxy) is 1. The third-order valence-corrected chi connectivity index (χ3v) is 6.06. The lowest BCUT2D eigenvalue weighted by atomic mass is 9.94. The fraction of sp³-hybridized carbons (Fsp3) is 0.440. The molecule has 1 saturated carbocycles. The van der Waals surface area contributed by atoms with Crippen molar-refractivity contribution in [3.8, 4) is 5.75 Å². The lowest BCUT2D eigenvalue weighted by molar-refractivity contribution is -0.122. The van der Waals surface area contributed by atoms with Gasteiger partial charge in [0.25, 0.3) is 12.4 Å². The Bertz CT molecular complexity index is 827. The molecule has 2 aliphatic rings. The predicted molar refractivity (Wildman–Crippen MR) is 117 cm³/mol. The van der Waals surface area contributed by atoms with Crippen LogP contribution in [0.2, 0.25) is 0 Å². The summed E-state index contributed by atoms with van der Waals surface area (Å²) >= 11 is 0. The lowest BCUT2D eigenvalue weighted by Gasteiger charge is -2.23. The van der Waals surface area contributed by atoms with Crippen LogP contribution in [0.4, 0.5) is 0 Å². The minimum atomic E-state index is -0.250. The molecule has 0 bridgehead atoms. The van der Waals surface area contributed by atoms with Crippen molar-refractivity contribution in [3.63, 3.8) is 0 Å². The molecule has 1 atom stereocenters. The van der Waals surface area contributed by atoms with E-state index in [9.17, 15) is 4.79 Å². The Kier molecular flexibility index (Phi) is 7.89. The summed E-state index contributed by atoms with van der Waals surface area (Å²) in [5.74, 6) is 1.47. The molecule has 2 fully saturated rings. The van der Waals surface area contributed by atoms with Crippen LogP contribution in [-0.2, 0) is 4.79 Å². The Balaban J connectivity index is 0.000000806. The van der Waals surface area contributed by atoms with Gasteiger partial charge < -0.3 is 14.7 Å². The van der Waals surface area contributed by atoms with Crippen molar-refractivity contribution in [1.29, 1.82) is 0 Å². The van der Waals surface area contributed by atoms with Crippen molar-refractivity contribution >= 4 is 12.4 Å². The summed E-state index contributed by atoms with van der Waals surface area (Å²) in [4.78, 5) is 23.3. The highest BCUT2D eigenvalue weighted by Crippen LogP contribution is 2.30. The van der Waals surface area contributed by atoms with Gasteiger partial charge in [-0.1, -0.05) is 30.7 Å². The van der Waals surface area contributed by atoms with E-state index in [2.05, 4.69) is 31.2 Å². The number of carbonyl (C=O) groups excluding carboxylic acids is 1. The molecule has 30 heavy (non-hydrogen) atoms. The lowest BCUT2D eigenvalue weighted by Crippen LogP contribution is -2.28. The first-order valence-corrected chi connectivity index (χ1v) is 10.8. The molecule has 2 aromatic carbocycles. The first-order chi connectivity index (χ1) is 14.6. The van der Waals surface area contributed by atoms with Crippen molar-refractivity contribution in [2.75, 3.05) is 13.1 Å². The molecule has 0 aromatic heterocycles. The maximum absolute atomic E-state index is 12.9. The second-order valence-electron chi connectivity index (χ2n) is 8.10. The Hall–Kier alpha value is -2.82. The maximum atomic E-state index is 12.9. The average molecular weight is 410 g/mol. The molecule has 2 aromatic rings. The second kappa shape index (κ2) is 10.8. The molecule has 0 unspecified atom stereocenters. The maximum Gasteiger partial charge on any atom is 0.290 e. The van der Waals surface area contributed by atoms with E-state index in [1.54, 1.807) is 0 Å². The number of hydrogen-bond acceptors (Lipinski definition) is 3.